The Labute approximate surface area is 94.9 Å². The fourth-order valence-electron chi connectivity index (χ4n) is 2.33. The van der Waals surface area contributed by atoms with E-state index in [0.29, 0.717) is 6.04 Å². The maximum atomic E-state index is 4.31. The van der Waals surface area contributed by atoms with Gasteiger partial charge in [-0.05, 0) is 19.1 Å². The number of piperazine rings is 1. The van der Waals surface area contributed by atoms with E-state index in [1.807, 2.05) is 18.5 Å². The van der Waals surface area contributed by atoms with Crippen molar-refractivity contribution in [1.82, 2.24) is 14.7 Å². The zero-order chi connectivity index (χ0) is 11.0. The molecule has 3 rings (SSSR count). The molecular formula is C12H16N4. The topological polar surface area (TPSA) is 32.6 Å². The molecule has 16 heavy (non-hydrogen) atoms. The first-order chi connectivity index (χ1) is 7.84. The van der Waals surface area contributed by atoms with Gasteiger partial charge in [0.1, 0.15) is 11.5 Å². The maximum absolute atomic E-state index is 4.31. The van der Waals surface area contributed by atoms with Gasteiger partial charge in [-0.15, -0.1) is 0 Å². The van der Waals surface area contributed by atoms with Crippen molar-refractivity contribution in [1.29, 1.82) is 0 Å². The molecule has 0 bridgehead atoms. The summed E-state index contributed by atoms with van der Waals surface area (Å²) in [5, 5.41) is 3.46. The summed E-state index contributed by atoms with van der Waals surface area (Å²) in [7, 11) is 0. The Morgan fingerprint density at radius 2 is 2.38 bits per heavy atom. The van der Waals surface area contributed by atoms with Gasteiger partial charge in [0, 0.05) is 38.1 Å². The average Bonchev–Trinajstić information content (AvgIpc) is 2.76. The van der Waals surface area contributed by atoms with Crippen LogP contribution in [0.2, 0.25) is 0 Å². The van der Waals surface area contributed by atoms with E-state index in [4.69, 9.17) is 0 Å². The van der Waals surface area contributed by atoms with Crippen molar-refractivity contribution in [2.75, 3.05) is 24.5 Å². The fraction of sp³-hybridized carbons (Fsp3) is 0.417. The molecule has 1 N–H and O–H groups in total. The van der Waals surface area contributed by atoms with E-state index in [9.17, 15) is 0 Å². The van der Waals surface area contributed by atoms with Crippen LogP contribution < -0.4 is 10.2 Å². The van der Waals surface area contributed by atoms with Crippen molar-refractivity contribution in [2.24, 2.45) is 0 Å². The number of hydrogen-bond donors (Lipinski definition) is 1. The first kappa shape index (κ1) is 9.66. The van der Waals surface area contributed by atoms with Gasteiger partial charge in [-0.3, -0.25) is 4.40 Å². The van der Waals surface area contributed by atoms with Gasteiger partial charge in [0.05, 0.1) is 0 Å². The van der Waals surface area contributed by atoms with Crippen molar-refractivity contribution >= 4 is 11.5 Å². The van der Waals surface area contributed by atoms with E-state index in [1.54, 1.807) is 0 Å². The van der Waals surface area contributed by atoms with E-state index in [-0.39, 0.29) is 0 Å². The zero-order valence-electron chi connectivity index (χ0n) is 9.43. The van der Waals surface area contributed by atoms with Crippen molar-refractivity contribution in [3.8, 4) is 0 Å². The molecule has 0 amide bonds. The van der Waals surface area contributed by atoms with Gasteiger partial charge in [0.2, 0.25) is 0 Å². The van der Waals surface area contributed by atoms with E-state index >= 15 is 0 Å². The quantitative estimate of drug-likeness (QED) is 0.775. The van der Waals surface area contributed by atoms with Crippen molar-refractivity contribution in [3.63, 3.8) is 0 Å². The summed E-state index contributed by atoms with van der Waals surface area (Å²) in [6.45, 7) is 5.38. The zero-order valence-corrected chi connectivity index (χ0v) is 9.43. The van der Waals surface area contributed by atoms with Crippen molar-refractivity contribution in [2.45, 2.75) is 13.0 Å². The van der Waals surface area contributed by atoms with Gasteiger partial charge in [0.15, 0.2) is 0 Å². The first-order valence-electron chi connectivity index (χ1n) is 5.75. The SMILES string of the molecule is CC1CN(c2cccc3nccn23)CCN1. The second kappa shape index (κ2) is 3.79. The number of rotatable bonds is 1. The van der Waals surface area contributed by atoms with E-state index in [2.05, 4.69) is 38.7 Å². The number of anilines is 1. The molecule has 1 aliphatic rings. The number of nitrogens with zero attached hydrogens (tertiary/aromatic N) is 3. The molecule has 3 heterocycles. The Morgan fingerprint density at radius 3 is 3.25 bits per heavy atom. The van der Waals surface area contributed by atoms with Crippen LogP contribution >= 0.6 is 0 Å². The summed E-state index contributed by atoms with van der Waals surface area (Å²) in [5.41, 5.74) is 1.02. The Hall–Kier alpha value is -1.55. The minimum atomic E-state index is 0.549. The Bertz CT molecular complexity index is 490. The molecule has 0 aromatic carbocycles. The molecule has 0 spiro atoms. The highest BCUT2D eigenvalue weighted by molar-refractivity contribution is 5.51. The van der Waals surface area contributed by atoms with Gasteiger partial charge in [-0.25, -0.2) is 4.98 Å². The summed E-state index contributed by atoms with van der Waals surface area (Å²) in [6.07, 6.45) is 3.88. The molecule has 0 saturated carbocycles. The molecular weight excluding hydrogens is 200 g/mol. The largest absolute Gasteiger partial charge is 0.355 e. The molecule has 1 unspecified atom stereocenters. The molecule has 1 fully saturated rings. The third-order valence-corrected chi connectivity index (χ3v) is 3.10. The van der Waals surface area contributed by atoms with Crippen LogP contribution in [0.3, 0.4) is 0 Å². The second-order valence-electron chi connectivity index (χ2n) is 4.34. The van der Waals surface area contributed by atoms with Crippen LogP contribution in [0, 0.1) is 0 Å². The van der Waals surface area contributed by atoms with E-state index in [1.165, 1.54) is 5.82 Å². The monoisotopic (exact) mass is 216 g/mol. The maximum Gasteiger partial charge on any atom is 0.138 e. The summed E-state index contributed by atoms with van der Waals surface area (Å²) in [6, 6.07) is 6.82. The molecule has 2 aromatic heterocycles. The van der Waals surface area contributed by atoms with Gasteiger partial charge < -0.3 is 10.2 Å². The number of nitrogens with one attached hydrogen (secondary N) is 1. The Kier molecular flexibility index (Phi) is 2.29. The lowest BCUT2D eigenvalue weighted by atomic mass is 10.2. The lowest BCUT2D eigenvalue weighted by Crippen LogP contribution is -2.49. The van der Waals surface area contributed by atoms with Crippen LogP contribution in [0.5, 0.6) is 0 Å². The number of hydrogen-bond acceptors (Lipinski definition) is 3. The Balaban J connectivity index is 2.01. The average molecular weight is 216 g/mol. The normalized spacial score (nSPS) is 21.6. The van der Waals surface area contributed by atoms with Gasteiger partial charge in [-0.1, -0.05) is 6.07 Å². The number of fused-ring (bicyclic) bond motifs is 1. The molecule has 4 heteroatoms. The molecule has 2 aromatic rings. The minimum absolute atomic E-state index is 0.549. The summed E-state index contributed by atoms with van der Waals surface area (Å²) >= 11 is 0. The molecule has 1 saturated heterocycles. The highest BCUT2D eigenvalue weighted by atomic mass is 15.3. The number of imidazole rings is 1. The van der Waals surface area contributed by atoms with Gasteiger partial charge in [-0.2, -0.15) is 0 Å². The predicted octanol–water partition coefficient (Wildman–Crippen LogP) is 1.13. The summed E-state index contributed by atoms with van der Waals surface area (Å²) in [5.74, 6) is 1.24. The molecule has 1 atom stereocenters. The predicted molar refractivity (Wildman–Crippen MR) is 64.9 cm³/mol. The Morgan fingerprint density at radius 1 is 1.44 bits per heavy atom. The molecule has 84 valence electrons. The third-order valence-electron chi connectivity index (χ3n) is 3.10. The van der Waals surface area contributed by atoms with Crippen LogP contribution in [-0.4, -0.2) is 35.1 Å². The smallest absolute Gasteiger partial charge is 0.138 e. The fourth-order valence-corrected chi connectivity index (χ4v) is 2.33. The van der Waals surface area contributed by atoms with E-state index < -0.39 is 0 Å². The highest BCUT2D eigenvalue weighted by Gasteiger charge is 2.17. The van der Waals surface area contributed by atoms with Crippen LogP contribution in [0.25, 0.3) is 5.65 Å². The first-order valence-corrected chi connectivity index (χ1v) is 5.75. The summed E-state index contributed by atoms with van der Waals surface area (Å²) in [4.78, 5) is 6.73. The minimum Gasteiger partial charge on any atom is -0.355 e. The second-order valence-corrected chi connectivity index (χ2v) is 4.34. The van der Waals surface area contributed by atoms with Crippen molar-refractivity contribution in [3.05, 3.63) is 30.6 Å². The lowest BCUT2D eigenvalue weighted by Gasteiger charge is -2.33. The molecule has 0 radical (unpaired) electrons. The number of aromatic nitrogens is 2. The number of pyridine rings is 1. The van der Waals surface area contributed by atoms with Crippen LogP contribution in [0.15, 0.2) is 30.6 Å². The third kappa shape index (κ3) is 1.55. The van der Waals surface area contributed by atoms with E-state index in [0.717, 1.165) is 25.3 Å². The molecule has 1 aliphatic heterocycles. The van der Waals surface area contributed by atoms with Gasteiger partial charge in [0.25, 0.3) is 0 Å². The standard InChI is InChI=1S/C12H16N4/c1-10-9-15(7-5-13-10)12-4-2-3-11-14-6-8-16(11)12/h2-4,6,8,10,13H,5,7,9H2,1H3. The van der Waals surface area contributed by atoms with Crippen LogP contribution in [-0.2, 0) is 0 Å². The molecule has 0 aliphatic carbocycles. The van der Waals surface area contributed by atoms with Gasteiger partial charge >= 0.3 is 0 Å². The molecule has 4 nitrogen and oxygen atoms in total. The lowest BCUT2D eigenvalue weighted by molar-refractivity contribution is 0.481. The van der Waals surface area contributed by atoms with Crippen LogP contribution in [0.1, 0.15) is 6.92 Å². The summed E-state index contributed by atoms with van der Waals surface area (Å²) < 4.78 is 2.15. The highest BCUT2D eigenvalue weighted by Crippen LogP contribution is 2.17. The van der Waals surface area contributed by atoms with Crippen LogP contribution in [0.4, 0.5) is 5.82 Å². The van der Waals surface area contributed by atoms with Crippen molar-refractivity contribution < 1.29 is 0 Å².